The first-order valence-electron chi connectivity index (χ1n) is 7.27. The molecule has 6 heteroatoms. The second-order valence-corrected chi connectivity index (χ2v) is 9.11. The number of nitrogens with zero attached hydrogens (tertiary/aromatic N) is 2. The Morgan fingerprint density at radius 2 is 1.22 bits per heavy atom. The topological polar surface area (TPSA) is 7.76 Å². The van der Waals surface area contributed by atoms with Crippen molar-refractivity contribution in [1.29, 1.82) is 0 Å². The predicted octanol–water partition coefficient (Wildman–Crippen LogP) is 4.73. The van der Waals surface area contributed by atoms with Gasteiger partial charge in [0.25, 0.3) is 0 Å². The highest BCUT2D eigenvalue weighted by atomic mass is 32.2. The van der Waals surface area contributed by atoms with Crippen molar-refractivity contribution >= 4 is 46.2 Å². The number of aryl methyl sites for hydroxylation is 2. The van der Waals surface area contributed by atoms with Crippen molar-refractivity contribution in [3.63, 3.8) is 0 Å². The second kappa shape index (κ2) is 6.97. The summed E-state index contributed by atoms with van der Waals surface area (Å²) >= 11 is 7.23. The van der Waals surface area contributed by atoms with Crippen LogP contribution < -0.4 is 9.13 Å². The van der Waals surface area contributed by atoms with E-state index in [1.807, 2.05) is 22.7 Å². The van der Waals surface area contributed by atoms with E-state index in [4.69, 9.17) is 0 Å². The highest BCUT2D eigenvalue weighted by Crippen LogP contribution is 2.26. The maximum absolute atomic E-state index is 2.37. The van der Waals surface area contributed by atoms with Crippen LogP contribution >= 0.6 is 46.2 Å². The molecule has 0 aliphatic carbocycles. The van der Waals surface area contributed by atoms with Crippen LogP contribution in [0.2, 0.25) is 0 Å². The van der Waals surface area contributed by atoms with Crippen LogP contribution in [-0.4, -0.2) is 12.5 Å². The largest absolute Gasteiger partial charge is 0.303 e. The van der Waals surface area contributed by atoms with Crippen molar-refractivity contribution in [3.05, 3.63) is 45.9 Å². The van der Waals surface area contributed by atoms with Gasteiger partial charge in [-0.25, -0.2) is 0 Å². The molecule has 3 rings (SSSR count). The summed E-state index contributed by atoms with van der Waals surface area (Å²) in [6, 6.07) is 6.61. The van der Waals surface area contributed by atoms with Gasteiger partial charge in [-0.2, -0.15) is 0 Å². The second-order valence-electron chi connectivity index (χ2n) is 5.29. The van der Waals surface area contributed by atoms with E-state index in [2.05, 4.69) is 71.4 Å². The fourth-order valence-corrected chi connectivity index (χ4v) is 6.08. The zero-order chi connectivity index (χ0) is 16.6. The fourth-order valence-electron chi connectivity index (χ4n) is 2.72. The number of benzene rings is 1. The molecule has 0 radical (unpaired) electrons. The maximum atomic E-state index is 2.37. The van der Waals surface area contributed by atoms with Gasteiger partial charge >= 0.3 is 8.68 Å². The zero-order valence-electron chi connectivity index (χ0n) is 13.9. The molecule has 0 N–H and O–H groups in total. The monoisotopic (exact) mass is 380 g/mol. The summed E-state index contributed by atoms with van der Waals surface area (Å²) in [5.74, 6) is 0. The molecule has 3 aromatic rings. The minimum Gasteiger partial charge on any atom is -0.142 e. The van der Waals surface area contributed by atoms with Gasteiger partial charge in [-0.1, -0.05) is 22.7 Å². The van der Waals surface area contributed by atoms with Gasteiger partial charge < -0.3 is 0 Å². The van der Waals surface area contributed by atoms with Crippen LogP contribution in [0.5, 0.6) is 0 Å². The molecule has 0 bridgehead atoms. The molecular formula is C17H20N2S4+2. The normalized spacial score (nSPS) is 11.2. The third-order valence-corrected chi connectivity index (χ3v) is 8.17. The number of hydrogen-bond donors (Lipinski definition) is 0. The first-order valence-corrected chi connectivity index (χ1v) is 11.5. The van der Waals surface area contributed by atoms with Gasteiger partial charge in [0.05, 0.1) is 16.3 Å². The molecule has 0 spiro atoms. The van der Waals surface area contributed by atoms with Crippen molar-refractivity contribution in [2.24, 2.45) is 0 Å². The molecular weight excluding hydrogens is 360 g/mol. The van der Waals surface area contributed by atoms with Crippen LogP contribution in [0.4, 0.5) is 0 Å². The SMILES string of the molecule is CSc1scc(C)[n+]1-c1cccc(-[n+]2c(C)csc2SC)c1C. The third kappa shape index (κ3) is 2.97. The number of thiazole rings is 2. The number of rotatable bonds is 4. The minimum absolute atomic E-state index is 1.27. The zero-order valence-corrected chi connectivity index (χ0v) is 17.2. The summed E-state index contributed by atoms with van der Waals surface area (Å²) in [6.45, 7) is 6.59. The highest BCUT2D eigenvalue weighted by molar-refractivity contribution is 8.00. The summed E-state index contributed by atoms with van der Waals surface area (Å²) in [5, 5.41) is 4.46. The Balaban J connectivity index is 2.24. The lowest BCUT2D eigenvalue weighted by Crippen LogP contribution is -2.39. The van der Waals surface area contributed by atoms with Gasteiger partial charge in [-0.05, 0) is 49.0 Å². The molecule has 0 saturated carbocycles. The van der Waals surface area contributed by atoms with E-state index in [9.17, 15) is 0 Å². The summed E-state index contributed by atoms with van der Waals surface area (Å²) < 4.78 is 7.38. The Morgan fingerprint density at radius 1 is 0.783 bits per heavy atom. The fraction of sp³-hybridized carbons (Fsp3) is 0.294. The number of aromatic nitrogens is 2. The maximum Gasteiger partial charge on any atom is 0.303 e. The van der Waals surface area contributed by atoms with Crippen molar-refractivity contribution in [2.75, 3.05) is 12.5 Å². The molecule has 2 nitrogen and oxygen atoms in total. The molecule has 2 heterocycles. The van der Waals surface area contributed by atoms with E-state index in [-0.39, 0.29) is 0 Å². The van der Waals surface area contributed by atoms with Gasteiger partial charge in [0.2, 0.25) is 11.4 Å². The average molecular weight is 381 g/mol. The lowest BCUT2D eigenvalue weighted by atomic mass is 10.1. The Labute approximate surface area is 154 Å². The molecule has 0 aliphatic rings. The minimum atomic E-state index is 1.27. The molecule has 0 unspecified atom stereocenters. The third-order valence-electron chi connectivity index (χ3n) is 3.84. The molecule has 0 atom stereocenters. The number of thioether (sulfide) groups is 2. The van der Waals surface area contributed by atoms with Crippen molar-refractivity contribution in [3.8, 4) is 11.4 Å². The van der Waals surface area contributed by atoms with Crippen LogP contribution in [0.1, 0.15) is 17.0 Å². The van der Waals surface area contributed by atoms with E-state index in [1.54, 1.807) is 23.5 Å². The molecule has 1 aromatic carbocycles. The molecule has 120 valence electrons. The van der Waals surface area contributed by atoms with Gasteiger partial charge in [-0.3, -0.25) is 0 Å². The predicted molar refractivity (Wildman–Crippen MR) is 103 cm³/mol. The lowest BCUT2D eigenvalue weighted by Gasteiger charge is -2.05. The number of hydrogen-bond acceptors (Lipinski definition) is 4. The Kier molecular flexibility index (Phi) is 5.16. The summed E-state index contributed by atoms with van der Waals surface area (Å²) in [5.41, 5.74) is 6.44. The first-order chi connectivity index (χ1) is 11.1. The standard InChI is InChI=1S/C17H20N2S4/c1-11-9-22-16(20-4)18(11)14-7-6-8-15(13(14)3)19-12(2)10-23-17(19)21-5/h6-10H,1-5H3/q+2. The summed E-state index contributed by atoms with van der Waals surface area (Å²) in [7, 11) is 0. The van der Waals surface area contributed by atoms with E-state index in [0.29, 0.717) is 0 Å². The molecule has 0 saturated heterocycles. The van der Waals surface area contributed by atoms with Crippen LogP contribution in [0.25, 0.3) is 11.4 Å². The molecule has 23 heavy (non-hydrogen) atoms. The molecule has 0 amide bonds. The van der Waals surface area contributed by atoms with Crippen LogP contribution in [0, 0.1) is 20.8 Å². The van der Waals surface area contributed by atoms with Gasteiger partial charge in [0.1, 0.15) is 0 Å². The first kappa shape index (κ1) is 17.0. The Morgan fingerprint density at radius 3 is 1.61 bits per heavy atom. The Hall–Kier alpha value is -0.820. The summed E-state index contributed by atoms with van der Waals surface area (Å²) in [6.07, 6.45) is 4.29. The van der Waals surface area contributed by atoms with E-state index in [1.165, 1.54) is 37.0 Å². The molecule has 0 fully saturated rings. The van der Waals surface area contributed by atoms with E-state index >= 15 is 0 Å². The van der Waals surface area contributed by atoms with Crippen molar-refractivity contribution < 1.29 is 9.13 Å². The summed E-state index contributed by atoms with van der Waals surface area (Å²) in [4.78, 5) is 0. The van der Waals surface area contributed by atoms with E-state index < -0.39 is 0 Å². The quantitative estimate of drug-likeness (QED) is 0.477. The lowest BCUT2D eigenvalue weighted by molar-refractivity contribution is -0.643. The van der Waals surface area contributed by atoms with Gasteiger partial charge in [0.15, 0.2) is 11.4 Å². The molecule has 0 aliphatic heterocycles. The Bertz CT molecular complexity index is 782. The van der Waals surface area contributed by atoms with Gasteiger partial charge in [-0.15, -0.1) is 9.13 Å². The van der Waals surface area contributed by atoms with E-state index in [0.717, 1.165) is 0 Å². The van der Waals surface area contributed by atoms with Gasteiger partial charge in [0, 0.05) is 26.0 Å². The van der Waals surface area contributed by atoms with Crippen molar-refractivity contribution in [2.45, 2.75) is 29.5 Å². The highest BCUT2D eigenvalue weighted by Gasteiger charge is 2.28. The smallest absolute Gasteiger partial charge is 0.142 e. The van der Waals surface area contributed by atoms with Crippen LogP contribution in [0.3, 0.4) is 0 Å². The van der Waals surface area contributed by atoms with Crippen LogP contribution in [0.15, 0.2) is 37.6 Å². The average Bonchev–Trinajstić information content (AvgIpc) is 3.10. The van der Waals surface area contributed by atoms with Crippen LogP contribution in [-0.2, 0) is 0 Å². The molecule has 2 aromatic heterocycles. The van der Waals surface area contributed by atoms with Crippen molar-refractivity contribution in [1.82, 2.24) is 0 Å².